The number of carbonyl (C=O) groups is 1. The molecule has 2 aromatic rings. The van der Waals surface area contributed by atoms with E-state index >= 15 is 0 Å². The van der Waals surface area contributed by atoms with Gasteiger partial charge in [0.05, 0.1) is 0 Å². The number of amides is 1. The summed E-state index contributed by atoms with van der Waals surface area (Å²) >= 11 is 0. The lowest BCUT2D eigenvalue weighted by atomic mass is 10.1. The summed E-state index contributed by atoms with van der Waals surface area (Å²) in [5.41, 5.74) is 1.35. The maximum atomic E-state index is 12.7. The lowest BCUT2D eigenvalue weighted by molar-refractivity contribution is -0.147. The Bertz CT molecular complexity index is 785. The first kappa shape index (κ1) is 16.8. The second-order valence-corrected chi connectivity index (χ2v) is 5.25. The molecule has 1 N–H and O–H groups in total. The molecule has 0 aliphatic carbocycles. The number of nitrogens with zero attached hydrogens (tertiary/aromatic N) is 3. The molecule has 0 fully saturated rings. The molecule has 0 saturated carbocycles. The molecule has 23 heavy (non-hydrogen) atoms. The summed E-state index contributed by atoms with van der Waals surface area (Å²) in [6, 6.07) is 5.34. The first-order valence-corrected chi connectivity index (χ1v) is 6.67. The zero-order chi connectivity index (χ0) is 17.4. The number of aromatic nitrogens is 3. The molecule has 0 spiro atoms. The smallest absolute Gasteiger partial charge is 0.324 e. The molecule has 1 aromatic carbocycles. The van der Waals surface area contributed by atoms with Crippen LogP contribution < -0.4 is 11.0 Å². The molecule has 9 heteroatoms. The third kappa shape index (κ3) is 3.79. The number of hydrogen-bond donors (Lipinski definition) is 1. The van der Waals surface area contributed by atoms with E-state index in [1.807, 2.05) is 19.9 Å². The molecule has 1 heterocycles. The van der Waals surface area contributed by atoms with Crippen molar-refractivity contribution in [3.8, 4) is 0 Å². The fraction of sp³-hybridized carbons (Fsp3) is 0.357. The monoisotopic (exact) mass is 328 g/mol. The average Bonchev–Trinajstić information content (AvgIpc) is 2.65. The van der Waals surface area contributed by atoms with E-state index in [0.717, 1.165) is 18.2 Å². The molecule has 0 aliphatic rings. The quantitative estimate of drug-likeness (QED) is 0.935. The molecule has 0 saturated heterocycles. The predicted octanol–water partition coefficient (Wildman–Crippen LogP) is 1.86. The number of aryl methyl sites for hydroxylation is 2. The van der Waals surface area contributed by atoms with Gasteiger partial charge in [0.2, 0.25) is 11.7 Å². The molecule has 0 unspecified atom stereocenters. The van der Waals surface area contributed by atoms with E-state index in [2.05, 4.69) is 10.4 Å². The van der Waals surface area contributed by atoms with Gasteiger partial charge in [-0.3, -0.25) is 9.36 Å². The Balaban J connectivity index is 2.19. The van der Waals surface area contributed by atoms with Crippen molar-refractivity contribution in [3.63, 3.8) is 0 Å². The molecule has 1 aromatic heterocycles. The van der Waals surface area contributed by atoms with Crippen LogP contribution in [0.3, 0.4) is 0 Å². The van der Waals surface area contributed by atoms with Gasteiger partial charge in [0.25, 0.3) is 0 Å². The number of anilines is 1. The second kappa shape index (κ2) is 5.90. The molecule has 0 bridgehead atoms. The van der Waals surface area contributed by atoms with Gasteiger partial charge in [0.1, 0.15) is 6.54 Å². The van der Waals surface area contributed by atoms with Gasteiger partial charge in [0.15, 0.2) is 0 Å². The number of benzene rings is 1. The lowest BCUT2D eigenvalue weighted by Gasteiger charge is -2.07. The van der Waals surface area contributed by atoms with Crippen molar-refractivity contribution in [2.75, 3.05) is 5.32 Å². The van der Waals surface area contributed by atoms with Crippen LogP contribution in [-0.4, -0.2) is 20.3 Å². The van der Waals surface area contributed by atoms with E-state index in [4.69, 9.17) is 0 Å². The number of nitrogens with one attached hydrogen (secondary N) is 1. The topological polar surface area (TPSA) is 68.9 Å². The van der Waals surface area contributed by atoms with Gasteiger partial charge in [-0.25, -0.2) is 9.48 Å². The van der Waals surface area contributed by atoms with Gasteiger partial charge in [-0.05, 0) is 37.1 Å². The normalized spacial score (nSPS) is 11.6. The van der Waals surface area contributed by atoms with Crippen LogP contribution >= 0.6 is 0 Å². The molecular weight excluding hydrogens is 313 g/mol. The molecule has 0 atom stereocenters. The summed E-state index contributed by atoms with van der Waals surface area (Å²) < 4.78 is 38.9. The lowest BCUT2D eigenvalue weighted by Crippen LogP contribution is -2.29. The molecule has 6 nitrogen and oxygen atoms in total. The highest BCUT2D eigenvalue weighted by molar-refractivity contribution is 5.90. The average molecular weight is 328 g/mol. The Hall–Kier alpha value is -2.58. The molecular formula is C14H15F3N4O2. The van der Waals surface area contributed by atoms with Crippen molar-refractivity contribution in [1.82, 2.24) is 14.3 Å². The van der Waals surface area contributed by atoms with Gasteiger partial charge in [0, 0.05) is 12.7 Å². The zero-order valence-corrected chi connectivity index (χ0v) is 12.7. The third-order valence-electron chi connectivity index (χ3n) is 3.09. The van der Waals surface area contributed by atoms with Gasteiger partial charge in [-0.2, -0.15) is 13.2 Å². The minimum absolute atomic E-state index is 0.365. The van der Waals surface area contributed by atoms with Crippen molar-refractivity contribution in [2.24, 2.45) is 7.05 Å². The maximum Gasteiger partial charge on any atom is 0.451 e. The highest BCUT2D eigenvalue weighted by Gasteiger charge is 2.38. The van der Waals surface area contributed by atoms with Crippen LogP contribution in [-0.2, 0) is 24.6 Å². The number of hydrogen-bond acceptors (Lipinski definition) is 3. The summed E-state index contributed by atoms with van der Waals surface area (Å²) in [6.07, 6.45) is -4.76. The van der Waals surface area contributed by atoms with Crippen molar-refractivity contribution in [3.05, 3.63) is 45.6 Å². The van der Waals surface area contributed by atoms with Gasteiger partial charge >= 0.3 is 11.9 Å². The van der Waals surface area contributed by atoms with Crippen LogP contribution in [0.5, 0.6) is 0 Å². The summed E-state index contributed by atoms with van der Waals surface area (Å²) in [7, 11) is 0.955. The molecule has 2 rings (SSSR count). The molecule has 0 radical (unpaired) electrons. The van der Waals surface area contributed by atoms with Gasteiger partial charge in [-0.15, -0.1) is 5.10 Å². The van der Waals surface area contributed by atoms with Crippen LogP contribution in [0.25, 0.3) is 0 Å². The van der Waals surface area contributed by atoms with Crippen LogP contribution in [0.2, 0.25) is 0 Å². The number of halogens is 3. The number of alkyl halides is 3. The summed E-state index contributed by atoms with van der Waals surface area (Å²) in [5, 5.41) is 5.72. The SMILES string of the molecule is Cc1cc(C)cc(NC(=O)Cn2nc(C(F)(F)F)n(C)c2=O)c1. The Morgan fingerprint density at radius 3 is 2.26 bits per heavy atom. The summed E-state index contributed by atoms with van der Waals surface area (Å²) in [5.74, 6) is -1.98. The predicted molar refractivity (Wildman–Crippen MR) is 77.0 cm³/mol. The first-order valence-electron chi connectivity index (χ1n) is 6.67. The van der Waals surface area contributed by atoms with E-state index in [-0.39, 0.29) is 0 Å². The Morgan fingerprint density at radius 2 is 1.78 bits per heavy atom. The molecule has 124 valence electrons. The van der Waals surface area contributed by atoms with E-state index in [0.29, 0.717) is 14.9 Å². The van der Waals surface area contributed by atoms with Gasteiger partial charge in [-0.1, -0.05) is 6.07 Å². The maximum absolute atomic E-state index is 12.7. The highest BCUT2D eigenvalue weighted by Crippen LogP contribution is 2.26. The first-order chi connectivity index (χ1) is 10.6. The second-order valence-electron chi connectivity index (χ2n) is 5.25. The standard InChI is InChI=1S/C14H15F3N4O2/c1-8-4-9(2)6-10(5-8)18-11(22)7-21-13(23)20(3)12(19-21)14(15,16)17/h4-6H,7H2,1-3H3,(H,18,22). The molecule has 0 aliphatic heterocycles. The third-order valence-corrected chi connectivity index (χ3v) is 3.09. The fourth-order valence-electron chi connectivity index (χ4n) is 2.22. The van der Waals surface area contributed by atoms with Crippen molar-refractivity contribution in [2.45, 2.75) is 26.6 Å². The van der Waals surface area contributed by atoms with Crippen LogP contribution in [0, 0.1) is 13.8 Å². The number of rotatable bonds is 3. The summed E-state index contributed by atoms with van der Waals surface area (Å²) in [4.78, 5) is 23.6. The number of carbonyl (C=O) groups excluding carboxylic acids is 1. The Morgan fingerprint density at radius 1 is 1.22 bits per heavy atom. The minimum Gasteiger partial charge on any atom is -0.324 e. The van der Waals surface area contributed by atoms with E-state index in [9.17, 15) is 22.8 Å². The van der Waals surface area contributed by atoms with Crippen LogP contribution in [0.15, 0.2) is 23.0 Å². The van der Waals surface area contributed by atoms with Crippen molar-refractivity contribution in [1.29, 1.82) is 0 Å². The molecule has 1 amide bonds. The van der Waals surface area contributed by atoms with Crippen molar-refractivity contribution < 1.29 is 18.0 Å². The zero-order valence-electron chi connectivity index (χ0n) is 12.7. The Labute approximate surface area is 129 Å². The largest absolute Gasteiger partial charge is 0.451 e. The Kier molecular flexibility index (Phi) is 4.31. The van der Waals surface area contributed by atoms with Crippen LogP contribution in [0.4, 0.5) is 18.9 Å². The highest BCUT2D eigenvalue weighted by atomic mass is 19.4. The van der Waals surface area contributed by atoms with E-state index < -0.39 is 30.1 Å². The minimum atomic E-state index is -4.76. The summed E-state index contributed by atoms with van der Waals surface area (Å²) in [6.45, 7) is 3.10. The van der Waals surface area contributed by atoms with Crippen LogP contribution in [0.1, 0.15) is 17.0 Å². The van der Waals surface area contributed by atoms with Crippen molar-refractivity contribution >= 4 is 11.6 Å². The van der Waals surface area contributed by atoms with E-state index in [1.165, 1.54) is 0 Å². The fourth-order valence-corrected chi connectivity index (χ4v) is 2.22. The van der Waals surface area contributed by atoms with Gasteiger partial charge < -0.3 is 5.32 Å². The van der Waals surface area contributed by atoms with E-state index in [1.54, 1.807) is 12.1 Å².